The second-order valence-electron chi connectivity index (χ2n) is 8.12. The SMILES string of the molecule is Cc1ccc(NC(=O)CNc2ccc3c(c2)N(C(=O)C(C)(C)C)CCO3)c(Br)c1. The normalized spacial score (nSPS) is 13.3. The molecule has 6 nitrogen and oxygen atoms in total. The molecule has 0 radical (unpaired) electrons. The number of carbonyl (C=O) groups excluding carboxylic acids is 2. The smallest absolute Gasteiger partial charge is 0.243 e. The predicted molar refractivity (Wildman–Crippen MR) is 120 cm³/mol. The lowest BCUT2D eigenvalue weighted by atomic mass is 9.94. The summed E-state index contributed by atoms with van der Waals surface area (Å²) in [4.78, 5) is 26.9. The molecule has 3 rings (SSSR count). The maximum absolute atomic E-state index is 12.8. The number of rotatable bonds is 4. The largest absolute Gasteiger partial charge is 0.490 e. The van der Waals surface area contributed by atoms with Crippen LogP contribution in [-0.4, -0.2) is 31.5 Å². The van der Waals surface area contributed by atoms with E-state index in [1.54, 1.807) is 4.90 Å². The number of benzene rings is 2. The first-order chi connectivity index (χ1) is 13.6. The molecular weight excluding hydrogens is 434 g/mol. The average molecular weight is 460 g/mol. The molecule has 0 saturated carbocycles. The third kappa shape index (κ3) is 5.09. The van der Waals surface area contributed by atoms with Crippen molar-refractivity contribution in [2.45, 2.75) is 27.7 Å². The van der Waals surface area contributed by atoms with Crippen molar-refractivity contribution in [2.24, 2.45) is 5.41 Å². The van der Waals surface area contributed by atoms with E-state index in [4.69, 9.17) is 4.74 Å². The van der Waals surface area contributed by atoms with Crippen LogP contribution in [0.4, 0.5) is 17.1 Å². The zero-order valence-corrected chi connectivity index (χ0v) is 18.7. The first kappa shape index (κ1) is 21.2. The van der Waals surface area contributed by atoms with Crippen LogP contribution < -0.4 is 20.3 Å². The van der Waals surface area contributed by atoms with E-state index in [0.717, 1.165) is 27.1 Å². The summed E-state index contributed by atoms with van der Waals surface area (Å²) in [6, 6.07) is 11.3. The highest BCUT2D eigenvalue weighted by Gasteiger charge is 2.31. The average Bonchev–Trinajstić information content (AvgIpc) is 2.66. The maximum Gasteiger partial charge on any atom is 0.243 e. The number of ether oxygens (including phenoxy) is 1. The molecule has 0 unspecified atom stereocenters. The fourth-order valence-corrected chi connectivity index (χ4v) is 3.63. The molecule has 2 N–H and O–H groups in total. The van der Waals surface area contributed by atoms with Gasteiger partial charge in [0.2, 0.25) is 11.8 Å². The van der Waals surface area contributed by atoms with Gasteiger partial charge in [-0.1, -0.05) is 26.8 Å². The van der Waals surface area contributed by atoms with Crippen molar-refractivity contribution in [1.29, 1.82) is 0 Å². The van der Waals surface area contributed by atoms with Gasteiger partial charge < -0.3 is 20.3 Å². The van der Waals surface area contributed by atoms with Crippen molar-refractivity contribution in [1.82, 2.24) is 0 Å². The Balaban J connectivity index is 1.69. The van der Waals surface area contributed by atoms with Crippen molar-refractivity contribution in [3.8, 4) is 5.75 Å². The van der Waals surface area contributed by atoms with E-state index in [0.29, 0.717) is 18.9 Å². The molecule has 0 spiro atoms. The van der Waals surface area contributed by atoms with Gasteiger partial charge in [-0.15, -0.1) is 0 Å². The Morgan fingerprint density at radius 1 is 1.17 bits per heavy atom. The van der Waals surface area contributed by atoms with Crippen molar-refractivity contribution in [2.75, 3.05) is 35.2 Å². The molecule has 1 heterocycles. The van der Waals surface area contributed by atoms with Crippen LogP contribution in [0.3, 0.4) is 0 Å². The first-order valence-electron chi connectivity index (χ1n) is 9.54. The van der Waals surface area contributed by atoms with E-state index in [-0.39, 0.29) is 18.4 Å². The van der Waals surface area contributed by atoms with Gasteiger partial charge in [-0.05, 0) is 58.7 Å². The zero-order chi connectivity index (χ0) is 21.2. The molecular formula is C22H26BrN3O3. The summed E-state index contributed by atoms with van der Waals surface area (Å²) < 4.78 is 6.53. The Hall–Kier alpha value is -2.54. The number of fused-ring (bicyclic) bond motifs is 1. The van der Waals surface area contributed by atoms with Gasteiger partial charge in [0.05, 0.1) is 24.5 Å². The summed E-state index contributed by atoms with van der Waals surface area (Å²) in [5.74, 6) is 0.555. The van der Waals surface area contributed by atoms with Crippen LogP contribution in [0.15, 0.2) is 40.9 Å². The standard InChI is InChI=1S/C22H26BrN3O3/c1-14-5-7-17(16(23)11-14)25-20(27)13-24-15-6-8-19-18(12-15)26(9-10-29-19)21(28)22(2,3)4/h5-8,11-12,24H,9-10,13H2,1-4H3,(H,25,27). The highest BCUT2D eigenvalue weighted by Crippen LogP contribution is 2.36. The number of hydrogen-bond acceptors (Lipinski definition) is 4. The monoisotopic (exact) mass is 459 g/mol. The highest BCUT2D eigenvalue weighted by molar-refractivity contribution is 9.10. The third-order valence-corrected chi connectivity index (χ3v) is 5.22. The number of nitrogens with one attached hydrogen (secondary N) is 2. The van der Waals surface area contributed by atoms with E-state index < -0.39 is 5.41 Å². The van der Waals surface area contributed by atoms with E-state index in [9.17, 15) is 9.59 Å². The number of anilines is 3. The van der Waals surface area contributed by atoms with Gasteiger partial charge in [0.25, 0.3) is 0 Å². The number of amides is 2. The molecule has 29 heavy (non-hydrogen) atoms. The van der Waals surface area contributed by atoms with Gasteiger partial charge in [-0.2, -0.15) is 0 Å². The molecule has 1 aliphatic heterocycles. The summed E-state index contributed by atoms with van der Waals surface area (Å²) >= 11 is 3.46. The first-order valence-corrected chi connectivity index (χ1v) is 10.3. The number of carbonyl (C=O) groups is 2. The van der Waals surface area contributed by atoms with Crippen LogP contribution in [0.2, 0.25) is 0 Å². The van der Waals surface area contributed by atoms with Crippen molar-refractivity contribution < 1.29 is 14.3 Å². The predicted octanol–water partition coefficient (Wildman–Crippen LogP) is 4.58. The lowest BCUT2D eigenvalue weighted by Crippen LogP contribution is -2.44. The van der Waals surface area contributed by atoms with Gasteiger partial charge in [-0.3, -0.25) is 9.59 Å². The quantitative estimate of drug-likeness (QED) is 0.701. The van der Waals surface area contributed by atoms with Crippen LogP contribution in [0.5, 0.6) is 5.75 Å². The van der Waals surface area contributed by atoms with Crippen LogP contribution >= 0.6 is 15.9 Å². The fraction of sp³-hybridized carbons (Fsp3) is 0.364. The number of nitrogens with zero attached hydrogens (tertiary/aromatic N) is 1. The Bertz CT molecular complexity index is 937. The lowest BCUT2D eigenvalue weighted by molar-refractivity contribution is -0.126. The topological polar surface area (TPSA) is 70.7 Å². The second kappa shape index (κ2) is 8.45. The Morgan fingerprint density at radius 2 is 1.93 bits per heavy atom. The van der Waals surface area contributed by atoms with Crippen LogP contribution in [0.25, 0.3) is 0 Å². The summed E-state index contributed by atoms with van der Waals surface area (Å²) in [7, 11) is 0. The minimum Gasteiger partial charge on any atom is -0.490 e. The summed E-state index contributed by atoms with van der Waals surface area (Å²) in [6.45, 7) is 8.78. The minimum atomic E-state index is -0.487. The molecule has 2 amide bonds. The fourth-order valence-electron chi connectivity index (χ4n) is 3.04. The lowest BCUT2D eigenvalue weighted by Gasteiger charge is -2.34. The Morgan fingerprint density at radius 3 is 2.62 bits per heavy atom. The molecule has 0 aliphatic carbocycles. The number of halogens is 1. The summed E-state index contributed by atoms with van der Waals surface area (Å²) in [5.41, 5.74) is 2.82. The van der Waals surface area contributed by atoms with Gasteiger partial charge >= 0.3 is 0 Å². The molecule has 0 saturated heterocycles. The maximum atomic E-state index is 12.8. The van der Waals surface area contributed by atoms with Crippen LogP contribution in [0.1, 0.15) is 26.3 Å². The van der Waals surface area contributed by atoms with Gasteiger partial charge in [0.15, 0.2) is 0 Å². The number of aryl methyl sites for hydroxylation is 1. The molecule has 0 aromatic heterocycles. The summed E-state index contributed by atoms with van der Waals surface area (Å²) in [6.07, 6.45) is 0. The Labute approximate surface area is 179 Å². The van der Waals surface area contributed by atoms with Gasteiger partial charge in [0.1, 0.15) is 12.4 Å². The highest BCUT2D eigenvalue weighted by atomic mass is 79.9. The van der Waals surface area contributed by atoms with E-state index >= 15 is 0 Å². The molecule has 0 atom stereocenters. The molecule has 2 aromatic rings. The summed E-state index contributed by atoms with van der Waals surface area (Å²) in [5, 5.41) is 6.00. The van der Waals surface area contributed by atoms with E-state index in [1.807, 2.05) is 64.1 Å². The number of hydrogen-bond donors (Lipinski definition) is 2. The molecule has 1 aliphatic rings. The molecule has 7 heteroatoms. The molecule has 2 aromatic carbocycles. The minimum absolute atomic E-state index is 0.0427. The molecule has 0 bridgehead atoms. The second-order valence-corrected chi connectivity index (χ2v) is 8.98. The van der Waals surface area contributed by atoms with Crippen molar-refractivity contribution in [3.05, 3.63) is 46.4 Å². The van der Waals surface area contributed by atoms with Crippen molar-refractivity contribution in [3.63, 3.8) is 0 Å². The van der Waals surface area contributed by atoms with E-state index in [1.165, 1.54) is 0 Å². The third-order valence-electron chi connectivity index (χ3n) is 4.56. The molecule has 154 valence electrons. The zero-order valence-electron chi connectivity index (χ0n) is 17.1. The van der Waals surface area contributed by atoms with Crippen molar-refractivity contribution >= 4 is 44.8 Å². The van der Waals surface area contributed by atoms with Gasteiger partial charge in [-0.25, -0.2) is 0 Å². The Kier molecular flexibility index (Phi) is 6.17. The van der Waals surface area contributed by atoms with Crippen LogP contribution in [-0.2, 0) is 9.59 Å². The van der Waals surface area contributed by atoms with E-state index in [2.05, 4.69) is 26.6 Å². The van der Waals surface area contributed by atoms with Crippen LogP contribution in [0, 0.1) is 12.3 Å². The molecule has 0 fully saturated rings. The van der Waals surface area contributed by atoms with Gasteiger partial charge in [0, 0.05) is 15.6 Å².